The first-order valence-corrected chi connectivity index (χ1v) is 11.2. The molecule has 0 spiro atoms. The molecule has 1 amide bonds. The molecular weight excluding hydrogens is 469 g/mol. The fraction of sp³-hybridized carbons (Fsp3) is 0.333. The molecule has 0 radical (unpaired) electrons. The number of methoxy groups -OCH3 is 1. The van der Waals surface area contributed by atoms with Crippen molar-refractivity contribution in [2.75, 3.05) is 20.2 Å². The summed E-state index contributed by atoms with van der Waals surface area (Å²) in [4.78, 5) is 14.5. The van der Waals surface area contributed by atoms with E-state index in [0.717, 1.165) is 22.2 Å². The number of alkyl halides is 3. The molecule has 0 bridgehead atoms. The van der Waals surface area contributed by atoms with E-state index < -0.39 is 23.3 Å². The van der Waals surface area contributed by atoms with Gasteiger partial charge in [0.2, 0.25) is 0 Å². The number of likely N-dealkylation sites (tertiary alicyclic amines) is 1. The van der Waals surface area contributed by atoms with Crippen LogP contribution in [-0.2, 0) is 12.7 Å². The summed E-state index contributed by atoms with van der Waals surface area (Å²) in [6, 6.07) is 13.7. The third kappa shape index (κ3) is 5.37. The van der Waals surface area contributed by atoms with Gasteiger partial charge in [-0.15, -0.1) is 0 Å². The van der Waals surface area contributed by atoms with Gasteiger partial charge in [-0.25, -0.2) is 4.68 Å². The number of nitrogens with zero attached hydrogens (tertiary/aromatic N) is 3. The van der Waals surface area contributed by atoms with Crippen molar-refractivity contribution in [2.45, 2.75) is 31.6 Å². The van der Waals surface area contributed by atoms with E-state index in [-0.39, 0.29) is 11.7 Å². The van der Waals surface area contributed by atoms with Crippen LogP contribution in [0.3, 0.4) is 0 Å². The molecule has 3 aromatic rings. The average molecular weight is 493 g/mol. The molecule has 1 fully saturated rings. The molecule has 1 saturated heterocycles. The van der Waals surface area contributed by atoms with Crippen LogP contribution in [0.2, 0.25) is 5.02 Å². The van der Waals surface area contributed by atoms with Gasteiger partial charge in [-0.05, 0) is 54.8 Å². The zero-order valence-electron chi connectivity index (χ0n) is 18.5. The number of hydrogen-bond donors (Lipinski definition) is 1. The van der Waals surface area contributed by atoms with Gasteiger partial charge in [-0.3, -0.25) is 4.79 Å². The van der Waals surface area contributed by atoms with Crippen molar-refractivity contribution in [1.82, 2.24) is 20.0 Å². The van der Waals surface area contributed by atoms with E-state index in [0.29, 0.717) is 37.5 Å². The average Bonchev–Trinajstić information content (AvgIpc) is 3.29. The highest BCUT2D eigenvalue weighted by Crippen LogP contribution is 2.34. The number of rotatable bonds is 6. The number of carbonyl (C=O) groups excluding carboxylic acids is 1. The monoisotopic (exact) mass is 492 g/mol. The van der Waals surface area contributed by atoms with Crippen molar-refractivity contribution in [2.24, 2.45) is 0 Å². The first-order valence-electron chi connectivity index (χ1n) is 10.8. The van der Waals surface area contributed by atoms with Crippen LogP contribution in [-0.4, -0.2) is 46.8 Å². The van der Waals surface area contributed by atoms with Gasteiger partial charge in [0, 0.05) is 30.7 Å². The molecule has 34 heavy (non-hydrogen) atoms. The maximum absolute atomic E-state index is 13.9. The second-order valence-electron chi connectivity index (χ2n) is 8.09. The van der Waals surface area contributed by atoms with E-state index in [1.54, 1.807) is 7.11 Å². The van der Waals surface area contributed by atoms with Gasteiger partial charge in [0.25, 0.3) is 5.91 Å². The summed E-state index contributed by atoms with van der Waals surface area (Å²) in [5.41, 5.74) is -0.257. The summed E-state index contributed by atoms with van der Waals surface area (Å²) in [5.74, 6) is 0.120. The maximum atomic E-state index is 13.9. The zero-order chi connectivity index (χ0) is 24.3. The summed E-state index contributed by atoms with van der Waals surface area (Å²) >= 11 is 5.84. The number of ether oxygens (including phenoxy) is 1. The van der Waals surface area contributed by atoms with Crippen LogP contribution in [0.5, 0.6) is 5.75 Å². The third-order valence-electron chi connectivity index (χ3n) is 5.88. The summed E-state index contributed by atoms with van der Waals surface area (Å²) in [6.45, 7) is 1.39. The largest absolute Gasteiger partial charge is 0.497 e. The van der Waals surface area contributed by atoms with Gasteiger partial charge in [-0.2, -0.15) is 18.3 Å². The predicted octanol–water partition coefficient (Wildman–Crippen LogP) is 4.95. The van der Waals surface area contributed by atoms with Crippen LogP contribution in [0, 0.1) is 0 Å². The van der Waals surface area contributed by atoms with Gasteiger partial charge in [0.1, 0.15) is 5.75 Å². The SMILES string of the molecule is COc1ccc(CNC2CCN(C(=O)c3cnn(-c4ccc(Cl)cc4)c3C(F)(F)F)CC2)cc1. The van der Waals surface area contributed by atoms with Crippen LogP contribution in [0.1, 0.15) is 34.5 Å². The second-order valence-corrected chi connectivity index (χ2v) is 8.52. The quantitative estimate of drug-likeness (QED) is 0.529. The Kier molecular flexibility index (Phi) is 7.13. The Balaban J connectivity index is 1.42. The van der Waals surface area contributed by atoms with Crippen molar-refractivity contribution < 1.29 is 22.7 Å². The lowest BCUT2D eigenvalue weighted by molar-refractivity contribution is -0.143. The lowest BCUT2D eigenvalue weighted by Gasteiger charge is -2.32. The molecule has 0 atom stereocenters. The molecular formula is C24H24ClF3N4O2. The standard InChI is InChI=1S/C24H24ClF3N4O2/c1-34-20-8-2-16(3-9-20)14-29-18-10-12-31(13-11-18)23(33)21-15-30-32(22(21)24(26,27)28)19-6-4-17(25)5-7-19/h2-9,15,18,29H,10-14H2,1H3. The number of carbonyl (C=O) groups is 1. The Morgan fingerprint density at radius 1 is 1.12 bits per heavy atom. The molecule has 6 nitrogen and oxygen atoms in total. The number of nitrogens with one attached hydrogen (secondary N) is 1. The van der Waals surface area contributed by atoms with E-state index in [1.165, 1.54) is 29.2 Å². The van der Waals surface area contributed by atoms with Crippen molar-refractivity contribution in [3.63, 3.8) is 0 Å². The first-order chi connectivity index (χ1) is 16.3. The normalized spacial score (nSPS) is 14.9. The first kappa shape index (κ1) is 24.1. The second kappa shape index (κ2) is 10.1. The Labute approximate surface area is 200 Å². The molecule has 2 heterocycles. The van der Waals surface area contributed by atoms with E-state index in [4.69, 9.17) is 16.3 Å². The van der Waals surface area contributed by atoms with E-state index in [2.05, 4.69) is 10.4 Å². The lowest BCUT2D eigenvalue weighted by atomic mass is 10.0. The van der Waals surface area contributed by atoms with Crippen LogP contribution < -0.4 is 10.1 Å². The van der Waals surface area contributed by atoms with E-state index in [9.17, 15) is 18.0 Å². The number of piperidine rings is 1. The van der Waals surface area contributed by atoms with Gasteiger partial charge >= 0.3 is 6.18 Å². The Morgan fingerprint density at radius 2 is 1.76 bits per heavy atom. The Hall–Kier alpha value is -3.04. The highest BCUT2D eigenvalue weighted by molar-refractivity contribution is 6.30. The van der Waals surface area contributed by atoms with Crippen LogP contribution >= 0.6 is 11.6 Å². The summed E-state index contributed by atoms with van der Waals surface area (Å²) in [6.07, 6.45) is -2.46. The van der Waals surface area contributed by atoms with Gasteiger partial charge in [0.05, 0.1) is 24.6 Å². The fourth-order valence-corrected chi connectivity index (χ4v) is 4.14. The topological polar surface area (TPSA) is 59.4 Å². The van der Waals surface area contributed by atoms with E-state index >= 15 is 0 Å². The van der Waals surface area contributed by atoms with Gasteiger partial charge < -0.3 is 15.0 Å². The van der Waals surface area contributed by atoms with E-state index in [1.807, 2.05) is 24.3 Å². The number of hydrogen-bond acceptors (Lipinski definition) is 4. The molecule has 0 unspecified atom stereocenters. The molecule has 180 valence electrons. The predicted molar refractivity (Wildman–Crippen MR) is 122 cm³/mol. The summed E-state index contributed by atoms with van der Waals surface area (Å²) in [7, 11) is 1.61. The molecule has 1 N–H and O–H groups in total. The minimum atomic E-state index is -4.75. The lowest BCUT2D eigenvalue weighted by Crippen LogP contribution is -2.45. The Morgan fingerprint density at radius 3 is 2.35 bits per heavy atom. The van der Waals surface area contributed by atoms with Crippen molar-refractivity contribution >= 4 is 17.5 Å². The van der Waals surface area contributed by atoms with Crippen LogP contribution in [0.4, 0.5) is 13.2 Å². The molecule has 2 aromatic carbocycles. The molecule has 1 aliphatic rings. The van der Waals surface area contributed by atoms with Crippen LogP contribution in [0.15, 0.2) is 54.7 Å². The van der Waals surface area contributed by atoms with Crippen LogP contribution in [0.25, 0.3) is 5.69 Å². The fourth-order valence-electron chi connectivity index (χ4n) is 4.02. The van der Waals surface area contributed by atoms with Crippen molar-refractivity contribution in [3.05, 3.63) is 76.6 Å². The number of benzene rings is 2. The molecule has 0 aliphatic carbocycles. The van der Waals surface area contributed by atoms with Gasteiger partial charge in [0.15, 0.2) is 5.69 Å². The molecule has 1 aliphatic heterocycles. The highest BCUT2D eigenvalue weighted by Gasteiger charge is 2.41. The van der Waals surface area contributed by atoms with Crippen molar-refractivity contribution in [3.8, 4) is 11.4 Å². The minimum absolute atomic E-state index is 0.171. The smallest absolute Gasteiger partial charge is 0.434 e. The highest BCUT2D eigenvalue weighted by atomic mass is 35.5. The molecule has 1 aromatic heterocycles. The number of halogens is 4. The third-order valence-corrected chi connectivity index (χ3v) is 6.13. The summed E-state index contributed by atoms with van der Waals surface area (Å²) < 4.78 is 47.7. The zero-order valence-corrected chi connectivity index (χ0v) is 19.2. The number of aromatic nitrogens is 2. The molecule has 0 saturated carbocycles. The maximum Gasteiger partial charge on any atom is 0.434 e. The van der Waals surface area contributed by atoms with Gasteiger partial charge in [-0.1, -0.05) is 23.7 Å². The molecule has 10 heteroatoms. The summed E-state index contributed by atoms with van der Waals surface area (Å²) in [5, 5.41) is 7.72. The number of amides is 1. The Bertz CT molecular complexity index is 1120. The minimum Gasteiger partial charge on any atom is -0.497 e. The van der Waals surface area contributed by atoms with Crippen molar-refractivity contribution in [1.29, 1.82) is 0 Å². The molecule has 4 rings (SSSR count).